The zero-order valence-corrected chi connectivity index (χ0v) is 83.0. The molecule has 0 fully saturated rings. The van der Waals surface area contributed by atoms with Crippen LogP contribution in [-0.4, -0.2) is 145 Å². The maximum Gasteiger partial charge on any atom is 0.392 e. The SMILES string of the molecule is O=C(O)c1cc2ccccc2cn1.O=C(O)c1nc2ccccc2o1.O=C(O)c1nccc2ccccc12.O=C(O)c1nccc2ccccc12.O=C(O)c1nccc2ccccc12.O=C(O)c1nccc2ccccc12.O=C=C=O.O=C=C=O.[Ir].[Ir].[Ir].[Ir].[O-][Cl+3]([O-])([O-])O.[Re].[Ru].[c-]1cccc2ccc3cccnc3c12.[c-]1ccccc1-c1ccccn1.c1ccc(-c2ccccn2)nc1. The van der Waals surface area contributed by atoms with Gasteiger partial charge in [-0.25, -0.2) is 77.8 Å². The molecule has 0 aliphatic heterocycles. The van der Waals surface area contributed by atoms with Crippen LogP contribution < -0.4 is 14.0 Å². The van der Waals surface area contributed by atoms with Crippen molar-refractivity contribution in [2.24, 2.45) is 0 Å². The van der Waals surface area contributed by atoms with Crippen LogP contribution in [-0.2, 0) is 140 Å². The molecule has 10 heterocycles. The average Bonchev–Trinajstić information content (AvgIpc) is 0.817. The Morgan fingerprint density at radius 2 is 0.664 bits per heavy atom. The monoisotopic (exact) mass is 2790 g/mol. The van der Waals surface area contributed by atoms with Crippen LogP contribution in [0.15, 0.2) is 357 Å². The standard InChI is InChI=1S/C13H8N.C11H8N.C10H8N2.5C10H7NO2.C8H5NO3.2C2O2.ClHO4.4Ir.Re.Ru/c1-2-6-12-10(4-1)7-8-11-5-3-9-14-13(11)12;1-2-6-10(7-3-1)11-8-4-5-9-12-11;1-3-7-11-9(5-1)10-6-2-4-8-12-10;12-10(13)9-5-7-3-1-2-4-8(7)6-11-9;4*12-10(13)9-8-4-2-1-3-7(8)5-6-11-9;10-8(11)7-9-5-3-1-2-4-6(5)12-7;2*3-1-2-4;2-1(3,4)5;;;;;;/h1-5,7-9H;1-6,8-9H;1-8H;5*1-6H,(H,12,13);1-4H,(H,10,11);;;(H,2,3,4,5);;;;;;/q2*-1;;;;;;;;;;;;;;;;. The number of oxazole rings is 1. The van der Waals surface area contributed by atoms with Crippen molar-refractivity contribution in [1.82, 2.24) is 49.8 Å². The van der Waals surface area contributed by atoms with Crippen LogP contribution in [0.3, 0.4) is 0 Å². The Balaban J connectivity index is 0.000000499. The summed E-state index contributed by atoms with van der Waals surface area (Å²) in [5.41, 5.74) is 6.45. The number of rotatable bonds is 8. The molecule has 9 aromatic carbocycles. The van der Waals surface area contributed by atoms with E-state index in [0.717, 1.165) is 89.6 Å². The molecule has 0 atom stereocenters. The van der Waals surface area contributed by atoms with Crippen molar-refractivity contribution < 1.29 is 232 Å². The van der Waals surface area contributed by atoms with E-state index in [-0.39, 0.29) is 155 Å². The molecule has 5 radical (unpaired) electrons. The molecule has 19 rings (SSSR count). The Morgan fingerprint density at radius 1 is 0.321 bits per heavy atom. The molecule has 0 bridgehead atoms. The number of fused-ring (bicyclic) bond motifs is 9. The molecule has 0 aliphatic rings. The van der Waals surface area contributed by atoms with Gasteiger partial charge in [-0.2, -0.15) is 14.0 Å². The second-order valence-corrected chi connectivity index (χ2v) is 25.5. The number of halogens is 1. The van der Waals surface area contributed by atoms with Crippen molar-refractivity contribution in [3.63, 3.8) is 0 Å². The van der Waals surface area contributed by atoms with Crippen molar-refractivity contribution in [3.05, 3.63) is 400 Å². The number of pyridine rings is 9. The largest absolute Gasteiger partial charge is 0.477 e. The molecule has 38 heteroatoms. The summed E-state index contributed by atoms with van der Waals surface area (Å²) in [5, 5.41) is 64.1. The minimum atomic E-state index is -4.69. The number of carbonyl (C=O) groups excluding carboxylic acids is 4. The molecule has 0 aliphatic carbocycles. The molecule has 0 saturated carbocycles. The number of carbonyl (C=O) groups is 6. The van der Waals surface area contributed by atoms with Crippen molar-refractivity contribution in [3.8, 4) is 22.6 Å². The van der Waals surface area contributed by atoms with Crippen LogP contribution in [0.2, 0.25) is 0 Å². The number of nitrogens with zero attached hydrogens (tertiary/aromatic N) is 10. The molecule has 685 valence electrons. The van der Waals surface area contributed by atoms with Crippen LogP contribution in [0.25, 0.3) is 109 Å². The first-order valence-corrected chi connectivity index (χ1v) is 38.1. The molecular formula is C96H65ClIr4N10O21ReRu-2. The number of carboxylic acid groups (broad SMARTS) is 6. The van der Waals surface area contributed by atoms with Gasteiger partial charge in [-0.15, -0.1) is 70.9 Å². The predicted octanol–water partition coefficient (Wildman–Crippen LogP) is 13.3. The molecule has 10 aromatic heterocycles. The first-order chi connectivity index (χ1) is 61.9. The molecular weight excluding hydrogens is 2720 g/mol. The third-order valence-electron chi connectivity index (χ3n) is 16.6. The first kappa shape index (κ1) is 116. The summed E-state index contributed by atoms with van der Waals surface area (Å²) in [5.74, 6) is -2.87. The van der Waals surface area contributed by atoms with E-state index in [4.69, 9.17) is 72.9 Å². The quantitative estimate of drug-likeness (QED) is 0.0321. The molecule has 0 spiro atoms. The fourth-order valence-electron chi connectivity index (χ4n) is 11.2. The fourth-order valence-corrected chi connectivity index (χ4v) is 11.2. The van der Waals surface area contributed by atoms with E-state index in [1.165, 1.54) is 35.6 Å². The summed E-state index contributed by atoms with van der Waals surface area (Å²) in [6.07, 6.45) is 14.7. The summed E-state index contributed by atoms with van der Waals surface area (Å²) < 4.78 is 37.6. The van der Waals surface area contributed by atoms with Gasteiger partial charge in [0, 0.05) is 203 Å². The topological polar surface area (TPSA) is 524 Å². The first-order valence-electron chi connectivity index (χ1n) is 36.8. The van der Waals surface area contributed by atoms with E-state index in [1.807, 2.05) is 176 Å². The molecule has 7 N–H and O–H groups in total. The molecule has 31 nitrogen and oxygen atoms in total. The van der Waals surface area contributed by atoms with Gasteiger partial charge in [0.15, 0.2) is 28.4 Å². The van der Waals surface area contributed by atoms with Gasteiger partial charge in [0.25, 0.3) is 0 Å². The van der Waals surface area contributed by atoms with E-state index in [9.17, 15) is 28.8 Å². The van der Waals surface area contributed by atoms with Crippen LogP contribution in [0, 0.1) is 22.4 Å². The Hall–Kier alpha value is -14.2. The van der Waals surface area contributed by atoms with E-state index < -0.39 is 46.1 Å². The molecule has 0 unspecified atom stereocenters. The van der Waals surface area contributed by atoms with E-state index >= 15 is 0 Å². The van der Waals surface area contributed by atoms with Crippen LogP contribution in [0.1, 0.15) is 63.1 Å². The summed E-state index contributed by atoms with van der Waals surface area (Å²) >= 11 is 0. The minimum Gasteiger partial charge on any atom is -0.477 e. The van der Waals surface area contributed by atoms with Crippen molar-refractivity contribution in [2.45, 2.75) is 0 Å². The van der Waals surface area contributed by atoms with Gasteiger partial charge in [0.1, 0.15) is 11.2 Å². The second kappa shape index (κ2) is 62.2. The Labute approximate surface area is 842 Å². The van der Waals surface area contributed by atoms with Crippen LogP contribution in [0.5, 0.6) is 0 Å². The maximum atomic E-state index is 10.8. The van der Waals surface area contributed by atoms with Crippen molar-refractivity contribution in [1.29, 1.82) is 0 Å². The van der Waals surface area contributed by atoms with E-state index in [2.05, 4.69) is 86.2 Å². The number of aromatic nitrogens is 10. The van der Waals surface area contributed by atoms with Gasteiger partial charge in [-0.05, 0) is 122 Å². The number of para-hydroxylation sites is 2. The van der Waals surface area contributed by atoms with Gasteiger partial charge in [-0.1, -0.05) is 176 Å². The summed E-state index contributed by atoms with van der Waals surface area (Å²) in [4.78, 5) is 138. The molecule has 0 amide bonds. The smallest absolute Gasteiger partial charge is 0.392 e. The number of hydrogen-bond donors (Lipinski definition) is 7. The van der Waals surface area contributed by atoms with E-state index in [0.29, 0.717) is 32.6 Å². The predicted molar refractivity (Wildman–Crippen MR) is 464 cm³/mol. The zero-order valence-electron chi connectivity index (χ0n) is 68.2. The Bertz CT molecular complexity index is 6480. The Kier molecular flexibility index (Phi) is 53.8. The summed E-state index contributed by atoms with van der Waals surface area (Å²) in [7, 11) is -4.69. The molecule has 19 aromatic rings. The van der Waals surface area contributed by atoms with Gasteiger partial charge in [-0.3, -0.25) is 9.97 Å². The summed E-state index contributed by atoms with van der Waals surface area (Å²) in [6.45, 7) is 0. The van der Waals surface area contributed by atoms with Crippen molar-refractivity contribution in [2.75, 3.05) is 0 Å². The average molecular weight is 2790 g/mol. The van der Waals surface area contributed by atoms with Crippen LogP contribution >= 0.6 is 0 Å². The van der Waals surface area contributed by atoms with Gasteiger partial charge < -0.3 is 45.0 Å². The fraction of sp³-hybridized carbons (Fsp3) is 0. The summed E-state index contributed by atoms with van der Waals surface area (Å²) in [6, 6.07) is 98.2. The second-order valence-electron chi connectivity index (χ2n) is 24.8. The third-order valence-corrected chi connectivity index (χ3v) is 16.6. The zero-order chi connectivity index (χ0) is 92.0. The minimum absolute atomic E-state index is 0. The van der Waals surface area contributed by atoms with Gasteiger partial charge >= 0.3 is 41.7 Å². The molecule has 0 saturated heterocycles. The molecule has 134 heavy (non-hydrogen) atoms. The number of benzene rings is 9. The number of carboxylic acids is 6. The number of hydrogen-bond acceptors (Lipinski definition) is 25. The van der Waals surface area contributed by atoms with Gasteiger partial charge in [0.2, 0.25) is 23.8 Å². The van der Waals surface area contributed by atoms with Crippen LogP contribution in [0.4, 0.5) is 0 Å². The van der Waals surface area contributed by atoms with E-state index in [1.54, 1.807) is 128 Å². The van der Waals surface area contributed by atoms with Gasteiger partial charge in [0.05, 0.1) is 26.3 Å². The third kappa shape index (κ3) is 37.9. The maximum absolute atomic E-state index is 10.8. The van der Waals surface area contributed by atoms with Crippen molar-refractivity contribution >= 4 is 146 Å². The Morgan fingerprint density at radius 3 is 1.04 bits per heavy atom. The number of aromatic carboxylic acids is 6. The normalized spacial score (nSPS) is 9.34.